The van der Waals surface area contributed by atoms with Crippen LogP contribution in [-0.2, 0) is 6.42 Å². The smallest absolute Gasteiger partial charge is 0.150 e. The molecule has 0 aromatic carbocycles. The molecule has 0 radical (unpaired) electrons. The van der Waals surface area contributed by atoms with Gasteiger partial charge in [-0.15, -0.1) is 0 Å². The first-order valence-electron chi connectivity index (χ1n) is 2.43. The number of aryl methyl sites for hydroxylation is 1. The lowest BCUT2D eigenvalue weighted by molar-refractivity contribution is 0.386. The minimum absolute atomic E-state index is 0.889. The van der Waals surface area contributed by atoms with E-state index in [1.165, 1.54) is 0 Å². The van der Waals surface area contributed by atoms with Gasteiger partial charge in [-0.05, 0) is 15.9 Å². The van der Waals surface area contributed by atoms with Gasteiger partial charge in [0.2, 0.25) is 0 Å². The van der Waals surface area contributed by atoms with Crippen molar-refractivity contribution in [3.05, 3.63) is 16.4 Å². The molecule has 1 heterocycles. The summed E-state index contributed by atoms with van der Waals surface area (Å²) in [5, 5.41) is 3.57. The monoisotopic (exact) mass is 175 g/mol. The van der Waals surface area contributed by atoms with Crippen LogP contribution in [0.1, 0.15) is 12.7 Å². The van der Waals surface area contributed by atoms with Gasteiger partial charge in [-0.3, -0.25) is 0 Å². The summed E-state index contributed by atoms with van der Waals surface area (Å²) in [4.78, 5) is 0. The summed E-state index contributed by atoms with van der Waals surface area (Å²) >= 11 is 3.27. The molecular formula is C5H6BrNO. The SMILES string of the molecule is CCc1oncc1Br. The topological polar surface area (TPSA) is 26.0 Å². The number of nitrogens with zero attached hydrogens (tertiary/aromatic N) is 1. The second-order valence-corrected chi connectivity index (χ2v) is 2.30. The van der Waals surface area contributed by atoms with Crippen molar-refractivity contribution in [3.8, 4) is 0 Å². The highest BCUT2D eigenvalue weighted by atomic mass is 79.9. The van der Waals surface area contributed by atoms with Gasteiger partial charge in [-0.2, -0.15) is 0 Å². The second kappa shape index (κ2) is 2.31. The first-order valence-corrected chi connectivity index (χ1v) is 3.23. The first kappa shape index (κ1) is 5.82. The molecule has 0 atom stereocenters. The van der Waals surface area contributed by atoms with Crippen molar-refractivity contribution in [3.63, 3.8) is 0 Å². The molecule has 8 heavy (non-hydrogen) atoms. The van der Waals surface area contributed by atoms with Crippen LogP contribution >= 0.6 is 15.9 Å². The molecule has 0 aliphatic carbocycles. The van der Waals surface area contributed by atoms with Crippen molar-refractivity contribution in [2.45, 2.75) is 13.3 Å². The highest BCUT2D eigenvalue weighted by molar-refractivity contribution is 9.10. The van der Waals surface area contributed by atoms with Crippen LogP contribution < -0.4 is 0 Å². The van der Waals surface area contributed by atoms with Gasteiger partial charge in [0, 0.05) is 6.42 Å². The molecule has 0 spiro atoms. The Morgan fingerprint density at radius 3 is 2.88 bits per heavy atom. The van der Waals surface area contributed by atoms with E-state index in [4.69, 9.17) is 4.52 Å². The molecule has 1 aromatic rings. The Morgan fingerprint density at radius 1 is 1.88 bits per heavy atom. The van der Waals surface area contributed by atoms with Crippen LogP contribution in [0.5, 0.6) is 0 Å². The van der Waals surface area contributed by atoms with Crippen LogP contribution in [0.4, 0.5) is 0 Å². The average molecular weight is 176 g/mol. The summed E-state index contributed by atoms with van der Waals surface area (Å²) in [6.45, 7) is 2.02. The summed E-state index contributed by atoms with van der Waals surface area (Å²) in [7, 11) is 0. The summed E-state index contributed by atoms with van der Waals surface area (Å²) in [6.07, 6.45) is 2.54. The van der Waals surface area contributed by atoms with Crippen LogP contribution in [0.25, 0.3) is 0 Å². The number of rotatable bonds is 1. The van der Waals surface area contributed by atoms with Crippen LogP contribution in [0, 0.1) is 0 Å². The molecule has 0 saturated heterocycles. The van der Waals surface area contributed by atoms with Crippen molar-refractivity contribution in [1.82, 2.24) is 5.16 Å². The zero-order chi connectivity index (χ0) is 5.98. The van der Waals surface area contributed by atoms with Crippen molar-refractivity contribution in [2.75, 3.05) is 0 Å². The molecule has 0 aliphatic heterocycles. The third kappa shape index (κ3) is 0.916. The Kier molecular flexibility index (Phi) is 1.68. The van der Waals surface area contributed by atoms with E-state index in [2.05, 4.69) is 21.1 Å². The van der Waals surface area contributed by atoms with E-state index in [-0.39, 0.29) is 0 Å². The van der Waals surface area contributed by atoms with Crippen LogP contribution in [0.2, 0.25) is 0 Å². The maximum Gasteiger partial charge on any atom is 0.150 e. The quantitative estimate of drug-likeness (QED) is 0.653. The zero-order valence-corrected chi connectivity index (χ0v) is 6.10. The maximum atomic E-state index is 4.82. The molecule has 0 unspecified atom stereocenters. The molecule has 0 amide bonds. The Balaban J connectivity index is 2.92. The van der Waals surface area contributed by atoms with Gasteiger partial charge in [0.1, 0.15) is 0 Å². The van der Waals surface area contributed by atoms with Gasteiger partial charge in [-0.25, -0.2) is 0 Å². The van der Waals surface area contributed by atoms with E-state index in [9.17, 15) is 0 Å². The van der Waals surface area contributed by atoms with Crippen LogP contribution in [-0.4, -0.2) is 5.16 Å². The van der Waals surface area contributed by atoms with Crippen LogP contribution in [0.15, 0.2) is 15.2 Å². The van der Waals surface area contributed by atoms with Crippen molar-refractivity contribution >= 4 is 15.9 Å². The molecule has 1 rings (SSSR count). The highest BCUT2D eigenvalue weighted by Gasteiger charge is 1.98. The fraction of sp³-hybridized carbons (Fsp3) is 0.400. The minimum Gasteiger partial charge on any atom is -0.360 e. The summed E-state index contributed by atoms with van der Waals surface area (Å²) in [5.74, 6) is 0.907. The molecule has 0 fully saturated rings. The number of hydrogen-bond acceptors (Lipinski definition) is 2. The number of hydrogen-bond donors (Lipinski definition) is 0. The Morgan fingerprint density at radius 2 is 2.62 bits per heavy atom. The molecule has 3 heteroatoms. The molecular weight excluding hydrogens is 170 g/mol. The standard InChI is InChI=1S/C5H6BrNO/c1-2-5-4(6)3-7-8-5/h3H,2H2,1H3. The number of aromatic nitrogens is 1. The molecule has 44 valence electrons. The molecule has 0 N–H and O–H groups in total. The summed E-state index contributed by atoms with van der Waals surface area (Å²) in [6, 6.07) is 0. The van der Waals surface area contributed by atoms with E-state index in [0.29, 0.717) is 0 Å². The van der Waals surface area contributed by atoms with Crippen LogP contribution in [0.3, 0.4) is 0 Å². The third-order valence-corrected chi connectivity index (χ3v) is 1.56. The lowest BCUT2D eigenvalue weighted by Crippen LogP contribution is -1.71. The molecule has 2 nitrogen and oxygen atoms in total. The predicted octanol–water partition coefficient (Wildman–Crippen LogP) is 2.00. The van der Waals surface area contributed by atoms with Gasteiger partial charge in [-0.1, -0.05) is 12.1 Å². The summed E-state index contributed by atoms with van der Waals surface area (Å²) < 4.78 is 5.77. The van der Waals surface area contributed by atoms with Crippen molar-refractivity contribution in [2.24, 2.45) is 0 Å². The minimum atomic E-state index is 0.889. The van der Waals surface area contributed by atoms with E-state index >= 15 is 0 Å². The Labute approximate surface area is 56.0 Å². The number of halogens is 1. The lowest BCUT2D eigenvalue weighted by atomic mass is 10.4. The maximum absolute atomic E-state index is 4.82. The van der Waals surface area contributed by atoms with Crippen molar-refractivity contribution < 1.29 is 4.52 Å². The Hall–Kier alpha value is -0.310. The largest absolute Gasteiger partial charge is 0.360 e. The van der Waals surface area contributed by atoms with E-state index < -0.39 is 0 Å². The van der Waals surface area contributed by atoms with Gasteiger partial charge in [0.05, 0.1) is 10.7 Å². The fourth-order valence-corrected chi connectivity index (χ4v) is 0.922. The second-order valence-electron chi connectivity index (χ2n) is 1.45. The Bertz CT molecular complexity index is 173. The molecule has 1 aromatic heterocycles. The average Bonchev–Trinajstić information content (AvgIpc) is 2.14. The molecule has 0 aliphatic rings. The van der Waals surface area contributed by atoms with E-state index in [1.54, 1.807) is 6.20 Å². The zero-order valence-electron chi connectivity index (χ0n) is 4.52. The van der Waals surface area contributed by atoms with Gasteiger partial charge in [0.25, 0.3) is 0 Å². The molecule has 0 bridgehead atoms. The summed E-state index contributed by atoms with van der Waals surface area (Å²) in [5.41, 5.74) is 0. The normalized spacial score (nSPS) is 9.75. The van der Waals surface area contributed by atoms with E-state index in [0.717, 1.165) is 16.7 Å². The third-order valence-electron chi connectivity index (χ3n) is 0.916. The van der Waals surface area contributed by atoms with Gasteiger partial charge >= 0.3 is 0 Å². The first-order chi connectivity index (χ1) is 3.84. The highest BCUT2D eigenvalue weighted by Crippen LogP contribution is 2.14. The predicted molar refractivity (Wildman–Crippen MR) is 33.6 cm³/mol. The van der Waals surface area contributed by atoms with Gasteiger partial charge in [0.15, 0.2) is 5.76 Å². The van der Waals surface area contributed by atoms with Gasteiger partial charge < -0.3 is 4.52 Å². The molecule has 0 saturated carbocycles. The lowest BCUT2D eigenvalue weighted by Gasteiger charge is -1.82. The fourth-order valence-electron chi connectivity index (χ4n) is 0.485. The van der Waals surface area contributed by atoms with E-state index in [1.807, 2.05) is 6.92 Å². The van der Waals surface area contributed by atoms with Crippen molar-refractivity contribution in [1.29, 1.82) is 0 Å².